The standard InChI is InChI=1S/C22H26N10O14P2/c1-2-24-22-28-16-10(18(36)30-22)26-6-32(16)20-12(34)14-8(44-20)4-42-47(37,38)45-13-7(3-41-48(39,40)46-14)43-19(11(13)33)31-5-25-9-15(31)27-21(23)29-17(9)35/h2,5-8,11-14,19-20,33-34H,3-4H2,1H3,(H,37,38)(H,39,40)(H,28,30,36)(H3,23,27,29,35)/t7-,8-,11?,12+,13+,14?,19-,20-/m1/s1. The number of phosphoric acid groups is 2. The molecule has 0 amide bonds. The van der Waals surface area contributed by atoms with E-state index in [9.17, 15) is 38.7 Å². The fourth-order valence-electron chi connectivity index (χ4n) is 5.54. The van der Waals surface area contributed by atoms with Gasteiger partial charge in [0.05, 0.1) is 25.9 Å². The Labute approximate surface area is 265 Å². The number of phosphoric ester groups is 2. The molecule has 258 valence electrons. The lowest BCUT2D eigenvalue weighted by Gasteiger charge is -2.27. The molecule has 3 saturated heterocycles. The number of nitrogen functional groups attached to an aromatic ring is 1. The molecule has 7 heterocycles. The number of aromatic amines is 2. The zero-order valence-corrected chi connectivity index (χ0v) is 26.0. The molecular weight excluding hydrogens is 690 g/mol. The molecule has 3 aliphatic rings. The summed E-state index contributed by atoms with van der Waals surface area (Å²) in [4.78, 5) is 70.7. The van der Waals surface area contributed by atoms with E-state index in [0.717, 1.165) is 21.8 Å². The van der Waals surface area contributed by atoms with E-state index in [0.29, 0.717) is 0 Å². The van der Waals surface area contributed by atoms with Crippen LogP contribution in [0.1, 0.15) is 19.4 Å². The summed E-state index contributed by atoms with van der Waals surface area (Å²) in [5.74, 6) is -0.368. The highest BCUT2D eigenvalue weighted by Crippen LogP contribution is 2.53. The van der Waals surface area contributed by atoms with Crippen molar-refractivity contribution in [2.45, 2.75) is 56.0 Å². The number of nitrogens with one attached hydrogen (secondary N) is 2. The quantitative estimate of drug-likeness (QED) is 0.0898. The lowest BCUT2D eigenvalue weighted by molar-refractivity contribution is -0.0664. The number of aliphatic hydroxyl groups excluding tert-OH is 2. The molecule has 3 aliphatic heterocycles. The summed E-state index contributed by atoms with van der Waals surface area (Å²) in [6.07, 6.45) is -9.48. The number of nitrogens with two attached hydrogens (primary N) is 1. The smallest absolute Gasteiger partial charge is 0.386 e. The molecule has 24 nitrogen and oxygen atoms in total. The van der Waals surface area contributed by atoms with E-state index in [4.69, 9.17) is 33.3 Å². The number of imidazole rings is 2. The number of aliphatic hydroxyl groups is 2. The average molecular weight is 716 g/mol. The maximum absolute atomic E-state index is 13.2. The van der Waals surface area contributed by atoms with Crippen LogP contribution in [0.15, 0.2) is 27.2 Å². The van der Waals surface area contributed by atoms with Crippen LogP contribution in [0.2, 0.25) is 0 Å². The first-order chi connectivity index (χ1) is 22.7. The Morgan fingerprint density at radius 1 is 0.875 bits per heavy atom. The summed E-state index contributed by atoms with van der Waals surface area (Å²) in [5.41, 5.74) is 3.77. The third kappa shape index (κ3) is 5.80. The lowest BCUT2D eigenvalue weighted by Crippen LogP contribution is -2.39. The van der Waals surface area contributed by atoms with Gasteiger partial charge in [0.1, 0.15) is 36.6 Å². The van der Waals surface area contributed by atoms with E-state index in [1.165, 1.54) is 6.21 Å². The first kappa shape index (κ1) is 32.8. The third-order valence-electron chi connectivity index (χ3n) is 7.60. The fraction of sp³-hybridized carbons (Fsp3) is 0.500. The van der Waals surface area contributed by atoms with Gasteiger partial charge < -0.3 is 35.2 Å². The van der Waals surface area contributed by atoms with Crippen LogP contribution in [0.3, 0.4) is 0 Å². The minimum atomic E-state index is -5.11. The van der Waals surface area contributed by atoms with Gasteiger partial charge in [-0.1, -0.05) is 0 Å². The SMILES string of the molecule is CC=Nc1nc2c(ncn2[C@@H]2O[C@@H]3COP(=O)(O)O[C@@H]4C(O)[C@H](n5cnc6c(=O)[nH]c(N)nc65)O[C@@H]4COP(=O)(O)OC3[C@@H]2O)c(=O)[nH]1. The minimum Gasteiger partial charge on any atom is -0.386 e. The highest BCUT2D eigenvalue weighted by atomic mass is 31.2. The molecule has 0 saturated carbocycles. The van der Waals surface area contributed by atoms with Crippen LogP contribution in [-0.4, -0.2) is 115 Å². The Bertz CT molecular complexity index is 2130. The van der Waals surface area contributed by atoms with Crippen molar-refractivity contribution < 1.29 is 56.7 Å². The number of nitrogens with zero attached hydrogens (tertiary/aromatic N) is 7. The summed E-state index contributed by atoms with van der Waals surface area (Å²) < 4.78 is 60.9. The molecule has 26 heteroatoms. The van der Waals surface area contributed by atoms with Gasteiger partial charge in [-0.2, -0.15) is 9.97 Å². The highest BCUT2D eigenvalue weighted by molar-refractivity contribution is 7.47. The number of hydrogen-bond donors (Lipinski definition) is 7. The van der Waals surface area contributed by atoms with Gasteiger partial charge in [-0.05, 0) is 6.92 Å². The topological polar surface area (TPSA) is 336 Å². The number of ether oxygens (including phenoxy) is 2. The number of fused-ring (bicyclic) bond motifs is 4. The number of rotatable bonds is 3. The van der Waals surface area contributed by atoms with E-state index < -0.39 is 89.1 Å². The van der Waals surface area contributed by atoms with E-state index in [2.05, 4.69) is 34.9 Å². The van der Waals surface area contributed by atoms with Gasteiger partial charge in [0.15, 0.2) is 34.8 Å². The first-order valence-corrected chi connectivity index (χ1v) is 16.9. The zero-order valence-electron chi connectivity index (χ0n) is 24.2. The Kier molecular flexibility index (Phi) is 8.17. The van der Waals surface area contributed by atoms with Crippen LogP contribution < -0.4 is 16.9 Å². The van der Waals surface area contributed by atoms with Gasteiger partial charge in [-0.25, -0.2) is 24.1 Å². The van der Waals surface area contributed by atoms with E-state index in [1.807, 2.05) is 0 Å². The second-order valence-corrected chi connectivity index (χ2v) is 13.5. The maximum atomic E-state index is 13.2. The van der Waals surface area contributed by atoms with Crippen molar-refractivity contribution in [3.63, 3.8) is 0 Å². The molecule has 0 bridgehead atoms. The number of aliphatic imine (C=N–C) groups is 1. The van der Waals surface area contributed by atoms with Gasteiger partial charge in [0.2, 0.25) is 11.9 Å². The van der Waals surface area contributed by atoms with Crippen molar-refractivity contribution in [2.75, 3.05) is 18.9 Å². The van der Waals surface area contributed by atoms with Crippen molar-refractivity contribution in [1.29, 1.82) is 0 Å². The number of anilines is 1. The van der Waals surface area contributed by atoms with Gasteiger partial charge in [0.25, 0.3) is 11.1 Å². The van der Waals surface area contributed by atoms with E-state index >= 15 is 0 Å². The predicted octanol–water partition coefficient (Wildman–Crippen LogP) is -1.91. The Morgan fingerprint density at radius 3 is 1.85 bits per heavy atom. The van der Waals surface area contributed by atoms with Gasteiger partial charge in [0, 0.05) is 6.21 Å². The zero-order chi connectivity index (χ0) is 34.1. The Morgan fingerprint density at radius 2 is 1.35 bits per heavy atom. The van der Waals surface area contributed by atoms with Crippen LogP contribution in [-0.2, 0) is 36.7 Å². The molecular formula is C22H26N10O14P2. The molecule has 3 fully saturated rings. The summed E-state index contributed by atoms with van der Waals surface area (Å²) in [6, 6.07) is 0. The minimum absolute atomic E-state index is 0.0806. The Balaban J connectivity index is 1.17. The Hall–Kier alpha value is -3.77. The van der Waals surface area contributed by atoms with Gasteiger partial charge in [-0.3, -0.25) is 46.8 Å². The summed E-state index contributed by atoms with van der Waals surface area (Å²) in [6.45, 7) is -0.148. The second-order valence-electron chi connectivity index (χ2n) is 10.7. The summed E-state index contributed by atoms with van der Waals surface area (Å²) in [5, 5.41) is 22.4. The first-order valence-electron chi connectivity index (χ1n) is 13.9. The largest absolute Gasteiger partial charge is 0.472 e. The average Bonchev–Trinajstić information content (AvgIpc) is 3.76. The molecule has 4 aromatic heterocycles. The van der Waals surface area contributed by atoms with Crippen molar-refractivity contribution in [3.05, 3.63) is 33.4 Å². The van der Waals surface area contributed by atoms with Crippen LogP contribution in [0, 0.1) is 0 Å². The highest BCUT2D eigenvalue weighted by Gasteiger charge is 2.54. The van der Waals surface area contributed by atoms with Crippen molar-refractivity contribution in [1.82, 2.24) is 39.0 Å². The molecule has 0 radical (unpaired) electrons. The summed E-state index contributed by atoms with van der Waals surface area (Å²) >= 11 is 0. The molecule has 8 N–H and O–H groups in total. The fourth-order valence-corrected chi connectivity index (χ4v) is 7.47. The van der Waals surface area contributed by atoms with Crippen molar-refractivity contribution in [2.24, 2.45) is 4.99 Å². The molecule has 0 aliphatic carbocycles. The molecule has 48 heavy (non-hydrogen) atoms. The third-order valence-corrected chi connectivity index (χ3v) is 9.57. The maximum Gasteiger partial charge on any atom is 0.472 e. The lowest BCUT2D eigenvalue weighted by atomic mass is 10.1. The number of aromatic nitrogens is 8. The van der Waals surface area contributed by atoms with Gasteiger partial charge >= 0.3 is 15.6 Å². The monoisotopic (exact) mass is 716 g/mol. The van der Waals surface area contributed by atoms with Crippen molar-refractivity contribution >= 4 is 56.1 Å². The van der Waals surface area contributed by atoms with Crippen LogP contribution in [0.5, 0.6) is 0 Å². The van der Waals surface area contributed by atoms with E-state index in [1.54, 1.807) is 6.92 Å². The molecule has 0 aromatic carbocycles. The number of hydrogen-bond acceptors (Lipinski definition) is 18. The van der Waals surface area contributed by atoms with Crippen LogP contribution >= 0.6 is 15.6 Å². The van der Waals surface area contributed by atoms with E-state index in [-0.39, 0.29) is 34.2 Å². The molecule has 10 atom stereocenters. The molecule has 4 aromatic rings. The van der Waals surface area contributed by atoms with Crippen LogP contribution in [0.4, 0.5) is 11.9 Å². The molecule has 0 spiro atoms. The van der Waals surface area contributed by atoms with Crippen LogP contribution in [0.25, 0.3) is 22.3 Å². The number of H-pyrrole nitrogens is 2. The molecule has 4 unspecified atom stereocenters. The summed E-state index contributed by atoms with van der Waals surface area (Å²) in [7, 11) is -10.2. The predicted molar refractivity (Wildman–Crippen MR) is 156 cm³/mol. The van der Waals surface area contributed by atoms with Crippen molar-refractivity contribution in [3.8, 4) is 0 Å². The molecule has 7 rings (SSSR count). The normalized spacial score (nSPS) is 36.3. The second kappa shape index (κ2) is 12.0. The van der Waals surface area contributed by atoms with Gasteiger partial charge in [-0.15, -0.1) is 0 Å².